The summed E-state index contributed by atoms with van der Waals surface area (Å²) < 4.78 is 6.01. The minimum atomic E-state index is 0.484. The largest absolute Gasteiger partial charge is 0.369 e. The van der Waals surface area contributed by atoms with Crippen LogP contribution in [0.2, 0.25) is 0 Å². The molecule has 4 aliphatic rings. The number of hydrogen-bond acceptors (Lipinski definition) is 1. The lowest BCUT2D eigenvalue weighted by molar-refractivity contribution is 0.0695. The van der Waals surface area contributed by atoms with Gasteiger partial charge in [-0.05, 0) is 24.2 Å². The fourth-order valence-electron chi connectivity index (χ4n) is 3.97. The molecule has 0 aromatic heterocycles. The van der Waals surface area contributed by atoms with Crippen LogP contribution in [0.25, 0.3) is 0 Å². The molecule has 0 N–H and O–H groups in total. The molecule has 0 radical (unpaired) electrons. The van der Waals surface area contributed by atoms with Crippen LogP contribution in [0.3, 0.4) is 0 Å². The Morgan fingerprint density at radius 2 is 2.17 bits per heavy atom. The second-order valence-corrected chi connectivity index (χ2v) is 5.67. The third kappa shape index (κ3) is 0.506. The van der Waals surface area contributed by atoms with Gasteiger partial charge in [-0.1, -0.05) is 28.1 Å². The van der Waals surface area contributed by atoms with Crippen molar-refractivity contribution in [2.45, 2.75) is 23.5 Å². The van der Waals surface area contributed by atoms with Crippen molar-refractivity contribution < 1.29 is 4.74 Å². The molecule has 1 heterocycles. The predicted octanol–water partition coefficient (Wildman–Crippen LogP) is 1.97. The molecule has 1 nitrogen and oxygen atoms in total. The van der Waals surface area contributed by atoms with Crippen LogP contribution in [0.15, 0.2) is 12.2 Å². The molecule has 7 atom stereocenters. The maximum absolute atomic E-state index is 6.01. The van der Waals surface area contributed by atoms with Crippen molar-refractivity contribution in [1.29, 1.82) is 0 Å². The van der Waals surface area contributed by atoms with Gasteiger partial charge in [0.1, 0.15) is 0 Å². The number of ether oxygens (including phenoxy) is 1. The summed E-state index contributed by atoms with van der Waals surface area (Å²) in [6.07, 6.45) is 7.15. The normalized spacial score (nSPS) is 69.9. The first kappa shape index (κ1) is 6.61. The Hall–Kier alpha value is 0.180. The van der Waals surface area contributed by atoms with Gasteiger partial charge < -0.3 is 4.74 Å². The van der Waals surface area contributed by atoms with Crippen molar-refractivity contribution in [2.75, 3.05) is 0 Å². The van der Waals surface area contributed by atoms with Gasteiger partial charge in [0.15, 0.2) is 0 Å². The first-order valence-electron chi connectivity index (χ1n) is 4.84. The Kier molecular flexibility index (Phi) is 1.01. The van der Waals surface area contributed by atoms with Crippen molar-refractivity contribution in [2.24, 2.45) is 23.7 Å². The lowest BCUT2D eigenvalue weighted by Gasteiger charge is -2.26. The van der Waals surface area contributed by atoms with Crippen LogP contribution in [0.1, 0.15) is 6.42 Å². The molecule has 0 amide bonds. The lowest BCUT2D eigenvalue weighted by Crippen LogP contribution is -2.31. The van der Waals surface area contributed by atoms with Gasteiger partial charge >= 0.3 is 0 Å². The van der Waals surface area contributed by atoms with E-state index in [-0.39, 0.29) is 0 Å². The highest BCUT2D eigenvalue weighted by molar-refractivity contribution is 9.09. The zero-order valence-electron chi connectivity index (χ0n) is 6.69. The average Bonchev–Trinajstić information content (AvgIpc) is 2.68. The average molecular weight is 227 g/mol. The monoisotopic (exact) mass is 226 g/mol. The molecule has 1 aliphatic heterocycles. The second kappa shape index (κ2) is 1.83. The van der Waals surface area contributed by atoms with Crippen LogP contribution in [-0.4, -0.2) is 17.0 Å². The summed E-state index contributed by atoms with van der Waals surface area (Å²) in [5.74, 6) is 3.48. The quantitative estimate of drug-likeness (QED) is 0.454. The lowest BCUT2D eigenvalue weighted by atomic mass is 9.81. The van der Waals surface area contributed by atoms with Gasteiger partial charge in [-0.15, -0.1) is 0 Å². The maximum Gasteiger partial charge on any atom is 0.0797 e. The Balaban J connectivity index is 1.92. The smallest absolute Gasteiger partial charge is 0.0797 e. The minimum Gasteiger partial charge on any atom is -0.369 e. The van der Waals surface area contributed by atoms with E-state index in [0.717, 1.165) is 23.7 Å². The fourth-order valence-corrected chi connectivity index (χ4v) is 5.05. The predicted molar refractivity (Wildman–Crippen MR) is 49.1 cm³/mol. The number of hydrogen-bond donors (Lipinski definition) is 0. The van der Waals surface area contributed by atoms with E-state index < -0.39 is 0 Å². The Labute approximate surface area is 80.3 Å². The van der Waals surface area contributed by atoms with Crippen LogP contribution in [-0.2, 0) is 4.74 Å². The summed E-state index contributed by atoms with van der Waals surface area (Å²) in [5.41, 5.74) is 0. The van der Waals surface area contributed by atoms with E-state index in [9.17, 15) is 0 Å². The minimum absolute atomic E-state index is 0.484. The molecule has 64 valence electrons. The number of fused-ring (bicyclic) bond motifs is 2. The summed E-state index contributed by atoms with van der Waals surface area (Å²) in [4.78, 5) is 0.652. The van der Waals surface area contributed by atoms with Crippen molar-refractivity contribution in [3.05, 3.63) is 12.2 Å². The van der Waals surface area contributed by atoms with Crippen LogP contribution in [0.4, 0.5) is 0 Å². The molecule has 0 spiro atoms. The zero-order chi connectivity index (χ0) is 7.87. The molecular formula is C10H11BrO. The standard InChI is InChI=1S/C10H11BrO/c11-9-5-3-6-8-4(5)1-2-7(8)12-10(6)9/h1-2,4-10H,3H2/t4-,5+,6-,7-,8+,9+,10-/m0/s1. The number of alkyl halides is 1. The zero-order valence-corrected chi connectivity index (χ0v) is 8.28. The molecule has 3 fully saturated rings. The summed E-state index contributed by atoms with van der Waals surface area (Å²) >= 11 is 3.79. The van der Waals surface area contributed by atoms with Gasteiger partial charge in [0, 0.05) is 10.7 Å². The van der Waals surface area contributed by atoms with E-state index in [1.165, 1.54) is 6.42 Å². The van der Waals surface area contributed by atoms with Gasteiger partial charge in [0.05, 0.1) is 12.2 Å². The summed E-state index contributed by atoms with van der Waals surface area (Å²) in [6.45, 7) is 0. The number of rotatable bonds is 0. The topological polar surface area (TPSA) is 9.23 Å². The maximum atomic E-state index is 6.01. The highest BCUT2D eigenvalue weighted by Gasteiger charge is 2.65. The number of allylic oxidation sites excluding steroid dienone is 1. The van der Waals surface area contributed by atoms with E-state index in [1.54, 1.807) is 0 Å². The molecule has 2 heteroatoms. The SMILES string of the molecule is Br[C@@H]1[C@@H]2C[C@@H]3[C@@H]1O[C@H]1C=C[C@@H]2[C@H]31. The first-order valence-corrected chi connectivity index (χ1v) is 5.76. The Bertz CT molecular complexity index is 275. The molecular weight excluding hydrogens is 216 g/mol. The highest BCUT2D eigenvalue weighted by Crippen LogP contribution is 2.64. The van der Waals surface area contributed by atoms with E-state index in [4.69, 9.17) is 4.74 Å². The summed E-state index contributed by atoms with van der Waals surface area (Å²) in [5, 5.41) is 0. The van der Waals surface area contributed by atoms with E-state index in [0.29, 0.717) is 17.0 Å². The molecule has 0 aromatic carbocycles. The molecule has 3 aliphatic carbocycles. The molecule has 12 heavy (non-hydrogen) atoms. The van der Waals surface area contributed by atoms with Crippen LogP contribution in [0.5, 0.6) is 0 Å². The van der Waals surface area contributed by atoms with Crippen molar-refractivity contribution >= 4 is 15.9 Å². The van der Waals surface area contributed by atoms with Crippen LogP contribution >= 0.6 is 15.9 Å². The van der Waals surface area contributed by atoms with Gasteiger partial charge in [0.25, 0.3) is 0 Å². The fraction of sp³-hybridized carbons (Fsp3) is 0.800. The van der Waals surface area contributed by atoms with Gasteiger partial charge in [-0.25, -0.2) is 0 Å². The molecule has 1 saturated heterocycles. The van der Waals surface area contributed by atoms with Gasteiger partial charge in [-0.3, -0.25) is 0 Å². The summed E-state index contributed by atoms with van der Waals surface area (Å²) in [7, 11) is 0. The molecule has 0 aromatic rings. The molecule has 0 unspecified atom stereocenters. The Morgan fingerprint density at radius 1 is 1.25 bits per heavy atom. The molecule has 2 saturated carbocycles. The summed E-state index contributed by atoms with van der Waals surface area (Å²) in [6, 6.07) is 0. The number of halogens is 1. The highest BCUT2D eigenvalue weighted by atomic mass is 79.9. The van der Waals surface area contributed by atoms with Crippen molar-refractivity contribution in [1.82, 2.24) is 0 Å². The molecule has 4 rings (SSSR count). The van der Waals surface area contributed by atoms with E-state index in [2.05, 4.69) is 28.1 Å². The Morgan fingerprint density at radius 3 is 3.08 bits per heavy atom. The van der Waals surface area contributed by atoms with Crippen molar-refractivity contribution in [3.63, 3.8) is 0 Å². The van der Waals surface area contributed by atoms with Gasteiger partial charge in [-0.2, -0.15) is 0 Å². The third-order valence-corrected chi connectivity index (χ3v) is 5.54. The third-order valence-electron chi connectivity index (χ3n) is 4.34. The van der Waals surface area contributed by atoms with Gasteiger partial charge in [0.2, 0.25) is 0 Å². The first-order chi connectivity index (χ1) is 5.86. The molecule has 2 bridgehead atoms. The van der Waals surface area contributed by atoms with Crippen molar-refractivity contribution in [3.8, 4) is 0 Å². The van der Waals surface area contributed by atoms with Crippen LogP contribution < -0.4 is 0 Å². The second-order valence-electron chi connectivity index (χ2n) is 4.61. The van der Waals surface area contributed by atoms with E-state index in [1.807, 2.05) is 0 Å². The van der Waals surface area contributed by atoms with E-state index >= 15 is 0 Å². The van der Waals surface area contributed by atoms with Crippen LogP contribution in [0, 0.1) is 23.7 Å².